The van der Waals surface area contributed by atoms with Crippen LogP contribution >= 0.6 is 0 Å². The third-order valence-corrected chi connectivity index (χ3v) is 8.49. The van der Waals surface area contributed by atoms with Crippen LogP contribution in [0.15, 0.2) is 0 Å². The maximum absolute atomic E-state index is 2.39. The smallest absolute Gasteiger partial charge is 0.0386 e. The molecule has 0 spiro atoms. The van der Waals surface area contributed by atoms with Crippen LogP contribution in [0.25, 0.3) is 0 Å². The van der Waals surface area contributed by atoms with E-state index in [0.717, 1.165) is 23.7 Å². The summed E-state index contributed by atoms with van der Waals surface area (Å²) < 4.78 is 0. The summed E-state index contributed by atoms with van der Waals surface area (Å²) in [5.41, 5.74) is 0. The molecule has 0 aliphatic rings. The molecule has 0 fully saturated rings. The Balaban J connectivity index is 4.65. The summed E-state index contributed by atoms with van der Waals surface area (Å²) in [6.07, 6.45) is 36.8. The minimum absolute atomic E-state index is 0.880. The highest BCUT2D eigenvalue weighted by molar-refractivity contribution is 4.72. The lowest BCUT2D eigenvalue weighted by molar-refractivity contribution is 0.236. The Morgan fingerprint density at radius 3 is 0.829 bits per heavy atom. The second-order valence-corrected chi connectivity index (χ2v) is 13.1. The van der Waals surface area contributed by atoms with Crippen LogP contribution in [0.2, 0.25) is 0 Å². The normalized spacial score (nSPS) is 13.7. The first-order valence-corrected chi connectivity index (χ1v) is 17.0. The molecule has 212 valence electrons. The Bertz CT molecular complexity index is 381. The van der Waals surface area contributed by atoms with E-state index in [1.165, 1.54) is 161 Å². The summed E-state index contributed by atoms with van der Waals surface area (Å²) in [7, 11) is 0. The van der Waals surface area contributed by atoms with Crippen molar-refractivity contribution in [1.29, 1.82) is 0 Å². The van der Waals surface area contributed by atoms with Gasteiger partial charge in [0.25, 0.3) is 0 Å². The molecule has 0 nitrogen and oxygen atoms in total. The Labute approximate surface area is 225 Å². The van der Waals surface area contributed by atoms with Crippen LogP contribution in [-0.2, 0) is 0 Å². The third kappa shape index (κ3) is 25.4. The van der Waals surface area contributed by atoms with Crippen molar-refractivity contribution in [2.45, 2.75) is 202 Å². The first kappa shape index (κ1) is 35.0. The van der Waals surface area contributed by atoms with Crippen molar-refractivity contribution in [1.82, 2.24) is 0 Å². The van der Waals surface area contributed by atoms with Gasteiger partial charge in [0, 0.05) is 0 Å². The van der Waals surface area contributed by atoms with Gasteiger partial charge in [-0.15, -0.1) is 0 Å². The van der Waals surface area contributed by atoms with Gasteiger partial charge in [0.1, 0.15) is 0 Å². The number of unbranched alkanes of at least 4 members (excludes halogenated alkanes) is 15. The second-order valence-electron chi connectivity index (χ2n) is 13.1. The maximum Gasteiger partial charge on any atom is -0.0386 e. The second kappa shape index (κ2) is 27.0. The van der Waals surface area contributed by atoms with Gasteiger partial charge in [-0.1, -0.05) is 202 Å². The molecule has 35 heavy (non-hydrogen) atoms. The Kier molecular flexibility index (Phi) is 27.0. The summed E-state index contributed by atoms with van der Waals surface area (Å²) >= 11 is 0. The minimum atomic E-state index is 0.880. The van der Waals surface area contributed by atoms with Crippen LogP contribution in [0.3, 0.4) is 0 Å². The highest BCUT2D eigenvalue weighted by Crippen LogP contribution is 2.33. The van der Waals surface area contributed by atoms with Crippen molar-refractivity contribution < 1.29 is 0 Å². The van der Waals surface area contributed by atoms with Crippen molar-refractivity contribution in [2.75, 3.05) is 0 Å². The zero-order valence-electron chi connectivity index (χ0n) is 26.0. The molecule has 2 unspecified atom stereocenters. The standard InChI is InChI=1S/C35H72/c1-7-9-11-13-14-15-16-23-29-34(28-22-12-10-8-2)35(31-25-19-21-27-33(5)6)30-24-18-17-20-26-32(3)4/h32-35H,7-31H2,1-6H3. The average Bonchev–Trinajstić information content (AvgIpc) is 2.82. The molecule has 0 aromatic heterocycles. The molecule has 0 saturated carbocycles. The van der Waals surface area contributed by atoms with Crippen molar-refractivity contribution in [3.63, 3.8) is 0 Å². The predicted molar refractivity (Wildman–Crippen MR) is 163 cm³/mol. The Morgan fingerprint density at radius 2 is 0.514 bits per heavy atom. The van der Waals surface area contributed by atoms with Crippen molar-refractivity contribution in [3.05, 3.63) is 0 Å². The van der Waals surface area contributed by atoms with Gasteiger partial charge < -0.3 is 0 Å². The first-order chi connectivity index (χ1) is 17.0. The predicted octanol–water partition coefficient (Wildman–Crippen LogP) is 13.3. The van der Waals surface area contributed by atoms with Gasteiger partial charge in [-0.3, -0.25) is 0 Å². The molecule has 0 aromatic carbocycles. The maximum atomic E-state index is 2.39. The van der Waals surface area contributed by atoms with Crippen LogP contribution in [0.4, 0.5) is 0 Å². The fraction of sp³-hybridized carbons (Fsp3) is 1.00. The lowest BCUT2D eigenvalue weighted by atomic mass is 9.78. The zero-order valence-corrected chi connectivity index (χ0v) is 26.0. The molecular weight excluding hydrogens is 420 g/mol. The Hall–Kier alpha value is 0. The fourth-order valence-corrected chi connectivity index (χ4v) is 6.05. The third-order valence-electron chi connectivity index (χ3n) is 8.49. The average molecular weight is 493 g/mol. The molecule has 0 bridgehead atoms. The molecule has 0 N–H and O–H groups in total. The molecule has 0 amide bonds. The van der Waals surface area contributed by atoms with Crippen molar-refractivity contribution in [3.8, 4) is 0 Å². The first-order valence-electron chi connectivity index (χ1n) is 17.0. The molecule has 0 heterocycles. The van der Waals surface area contributed by atoms with Gasteiger partial charge in [-0.2, -0.15) is 0 Å². The van der Waals surface area contributed by atoms with E-state index in [-0.39, 0.29) is 0 Å². The number of hydrogen-bond acceptors (Lipinski definition) is 0. The number of rotatable bonds is 28. The molecule has 0 aliphatic heterocycles. The molecular formula is C35H72. The van der Waals surface area contributed by atoms with Gasteiger partial charge in [0.2, 0.25) is 0 Å². The zero-order chi connectivity index (χ0) is 26.0. The van der Waals surface area contributed by atoms with E-state index in [2.05, 4.69) is 41.5 Å². The molecule has 0 heteroatoms. The quantitative estimate of drug-likeness (QED) is 0.0952. The van der Waals surface area contributed by atoms with Gasteiger partial charge in [0.15, 0.2) is 0 Å². The topological polar surface area (TPSA) is 0 Å². The van der Waals surface area contributed by atoms with E-state index in [1.54, 1.807) is 0 Å². The Morgan fingerprint density at radius 1 is 0.286 bits per heavy atom. The van der Waals surface area contributed by atoms with Crippen LogP contribution in [-0.4, -0.2) is 0 Å². The van der Waals surface area contributed by atoms with Crippen LogP contribution < -0.4 is 0 Å². The summed E-state index contributed by atoms with van der Waals surface area (Å²) in [6.45, 7) is 14.2. The van der Waals surface area contributed by atoms with Gasteiger partial charge in [-0.25, -0.2) is 0 Å². The molecule has 0 aromatic rings. The largest absolute Gasteiger partial charge is 0.0654 e. The SMILES string of the molecule is CCCCCCCCCCC(CCCCCC)C(CCCCCCC(C)C)CCCCCC(C)C. The van der Waals surface area contributed by atoms with Crippen molar-refractivity contribution in [2.24, 2.45) is 23.7 Å². The fourth-order valence-electron chi connectivity index (χ4n) is 6.05. The highest BCUT2D eigenvalue weighted by atomic mass is 14.3. The van der Waals surface area contributed by atoms with Crippen LogP contribution in [0, 0.1) is 23.7 Å². The van der Waals surface area contributed by atoms with E-state index >= 15 is 0 Å². The van der Waals surface area contributed by atoms with Gasteiger partial charge >= 0.3 is 0 Å². The number of hydrogen-bond donors (Lipinski definition) is 0. The summed E-state index contributed by atoms with van der Waals surface area (Å²) in [5, 5.41) is 0. The molecule has 2 atom stereocenters. The monoisotopic (exact) mass is 493 g/mol. The van der Waals surface area contributed by atoms with E-state index in [9.17, 15) is 0 Å². The highest BCUT2D eigenvalue weighted by Gasteiger charge is 2.20. The van der Waals surface area contributed by atoms with E-state index in [0.29, 0.717) is 0 Å². The lowest BCUT2D eigenvalue weighted by Crippen LogP contribution is -2.16. The summed E-state index contributed by atoms with van der Waals surface area (Å²) in [4.78, 5) is 0. The lowest BCUT2D eigenvalue weighted by Gasteiger charge is -2.28. The van der Waals surface area contributed by atoms with E-state index < -0.39 is 0 Å². The van der Waals surface area contributed by atoms with Crippen LogP contribution in [0.1, 0.15) is 202 Å². The summed E-state index contributed by atoms with van der Waals surface area (Å²) in [6, 6.07) is 0. The molecule has 0 saturated heterocycles. The van der Waals surface area contributed by atoms with E-state index in [1.807, 2.05) is 0 Å². The summed E-state index contributed by atoms with van der Waals surface area (Å²) in [5.74, 6) is 3.80. The van der Waals surface area contributed by atoms with Gasteiger partial charge in [0.05, 0.1) is 0 Å². The molecule has 0 radical (unpaired) electrons. The van der Waals surface area contributed by atoms with Gasteiger partial charge in [-0.05, 0) is 23.7 Å². The molecule has 0 rings (SSSR count). The van der Waals surface area contributed by atoms with Crippen molar-refractivity contribution >= 4 is 0 Å². The van der Waals surface area contributed by atoms with E-state index in [4.69, 9.17) is 0 Å². The minimum Gasteiger partial charge on any atom is -0.0654 e. The van der Waals surface area contributed by atoms with Crippen LogP contribution in [0.5, 0.6) is 0 Å². The molecule has 0 aliphatic carbocycles.